The fourth-order valence-corrected chi connectivity index (χ4v) is 2.36. The van der Waals surface area contributed by atoms with Crippen LogP contribution in [-0.4, -0.2) is 29.6 Å². The Morgan fingerprint density at radius 1 is 1.24 bits per heavy atom. The van der Waals surface area contributed by atoms with Gasteiger partial charge in [0.05, 0.1) is 24.7 Å². The number of imidazole rings is 1. The third-order valence-corrected chi connectivity index (χ3v) is 3.50. The van der Waals surface area contributed by atoms with Crippen LogP contribution in [0, 0.1) is 0 Å². The van der Waals surface area contributed by atoms with Gasteiger partial charge in [-0.3, -0.25) is 4.79 Å². The Bertz CT molecular complexity index is 863. The molecule has 0 fully saturated rings. The second kappa shape index (κ2) is 7.16. The topological polar surface area (TPSA) is 76.2 Å². The molecule has 0 bridgehead atoms. The van der Waals surface area contributed by atoms with E-state index in [1.165, 1.54) is 25.3 Å². The molecule has 0 spiro atoms. The number of nitrogens with zero attached hydrogens (tertiary/aromatic N) is 1. The Morgan fingerprint density at radius 3 is 2.76 bits per heavy atom. The average Bonchev–Trinajstić information content (AvgIpc) is 3.02. The summed E-state index contributed by atoms with van der Waals surface area (Å²) >= 11 is 0. The van der Waals surface area contributed by atoms with Gasteiger partial charge in [0.25, 0.3) is 5.91 Å². The summed E-state index contributed by atoms with van der Waals surface area (Å²) in [5.74, 6) is 0.143. The minimum Gasteiger partial charge on any atom is -0.493 e. The zero-order valence-electron chi connectivity index (χ0n) is 13.3. The molecule has 0 aliphatic rings. The van der Waals surface area contributed by atoms with Gasteiger partial charge >= 0.3 is 6.61 Å². The molecule has 25 heavy (non-hydrogen) atoms. The molecule has 0 saturated heterocycles. The number of benzene rings is 2. The molecular formula is C17H15F2N3O3. The maximum Gasteiger partial charge on any atom is 0.387 e. The highest BCUT2D eigenvalue weighted by atomic mass is 19.3. The standard InChI is InChI=1S/C17H15F2N3O3/c1-24-14-8-10(6-7-13(14)25-17(18)19)16(23)20-9-15-21-11-4-2-3-5-12(11)22-15/h2-8,17H,9H2,1H3,(H,20,23)(H,21,22). The first-order valence-corrected chi connectivity index (χ1v) is 7.41. The Labute approximate surface area is 141 Å². The summed E-state index contributed by atoms with van der Waals surface area (Å²) < 4.78 is 34.0. The monoisotopic (exact) mass is 347 g/mol. The molecular weight excluding hydrogens is 332 g/mol. The van der Waals surface area contributed by atoms with Crippen molar-refractivity contribution < 1.29 is 23.0 Å². The lowest BCUT2D eigenvalue weighted by Gasteiger charge is -2.11. The minimum atomic E-state index is -2.97. The number of para-hydroxylation sites is 2. The van der Waals surface area contributed by atoms with Crippen molar-refractivity contribution >= 4 is 16.9 Å². The van der Waals surface area contributed by atoms with Gasteiger partial charge in [0.15, 0.2) is 11.5 Å². The number of nitrogens with one attached hydrogen (secondary N) is 2. The summed E-state index contributed by atoms with van der Waals surface area (Å²) in [7, 11) is 1.31. The molecule has 0 unspecified atom stereocenters. The largest absolute Gasteiger partial charge is 0.493 e. The summed E-state index contributed by atoms with van der Waals surface area (Å²) in [5, 5.41) is 2.71. The molecule has 0 saturated carbocycles. The number of aromatic amines is 1. The second-order valence-corrected chi connectivity index (χ2v) is 5.13. The molecule has 0 atom stereocenters. The maximum absolute atomic E-state index is 12.3. The molecule has 3 aromatic rings. The van der Waals surface area contributed by atoms with Crippen LogP contribution >= 0.6 is 0 Å². The number of amides is 1. The number of hydrogen-bond donors (Lipinski definition) is 2. The average molecular weight is 347 g/mol. The number of aromatic nitrogens is 2. The van der Waals surface area contributed by atoms with Crippen molar-refractivity contribution in [3.63, 3.8) is 0 Å². The molecule has 1 amide bonds. The lowest BCUT2D eigenvalue weighted by Crippen LogP contribution is -2.23. The van der Waals surface area contributed by atoms with Crippen LogP contribution in [0.2, 0.25) is 0 Å². The number of carbonyl (C=O) groups excluding carboxylic acids is 1. The zero-order valence-corrected chi connectivity index (χ0v) is 13.3. The molecule has 3 rings (SSSR count). The first kappa shape index (κ1) is 16.7. The Kier molecular flexibility index (Phi) is 4.78. The van der Waals surface area contributed by atoms with Crippen LogP contribution in [0.4, 0.5) is 8.78 Å². The van der Waals surface area contributed by atoms with Crippen LogP contribution in [0.3, 0.4) is 0 Å². The molecule has 6 nitrogen and oxygen atoms in total. The smallest absolute Gasteiger partial charge is 0.387 e. The molecule has 0 radical (unpaired) electrons. The predicted molar refractivity (Wildman–Crippen MR) is 86.9 cm³/mol. The number of H-pyrrole nitrogens is 1. The van der Waals surface area contributed by atoms with Gasteiger partial charge in [-0.25, -0.2) is 4.98 Å². The van der Waals surface area contributed by atoms with Crippen molar-refractivity contribution in [2.24, 2.45) is 0 Å². The Hall–Kier alpha value is -3.16. The first-order valence-electron chi connectivity index (χ1n) is 7.41. The van der Waals surface area contributed by atoms with E-state index in [-0.39, 0.29) is 29.5 Å². The van der Waals surface area contributed by atoms with Crippen molar-refractivity contribution in [2.45, 2.75) is 13.2 Å². The Morgan fingerprint density at radius 2 is 2.04 bits per heavy atom. The van der Waals surface area contributed by atoms with E-state index in [1.807, 2.05) is 24.3 Å². The lowest BCUT2D eigenvalue weighted by molar-refractivity contribution is -0.0512. The van der Waals surface area contributed by atoms with Crippen LogP contribution in [-0.2, 0) is 6.54 Å². The highest BCUT2D eigenvalue weighted by Gasteiger charge is 2.14. The van der Waals surface area contributed by atoms with Crippen LogP contribution in [0.15, 0.2) is 42.5 Å². The van der Waals surface area contributed by atoms with Crippen molar-refractivity contribution in [3.05, 3.63) is 53.9 Å². The lowest BCUT2D eigenvalue weighted by atomic mass is 10.2. The summed E-state index contributed by atoms with van der Waals surface area (Å²) in [6, 6.07) is 11.5. The van der Waals surface area contributed by atoms with E-state index in [9.17, 15) is 13.6 Å². The number of ether oxygens (including phenoxy) is 2. The van der Waals surface area contributed by atoms with Crippen LogP contribution in [0.1, 0.15) is 16.2 Å². The predicted octanol–water partition coefficient (Wildman–Crippen LogP) is 3.10. The number of methoxy groups -OCH3 is 1. The Balaban J connectivity index is 1.70. The van der Waals surface area contributed by atoms with Crippen LogP contribution in [0.25, 0.3) is 11.0 Å². The number of alkyl halides is 2. The fourth-order valence-electron chi connectivity index (χ4n) is 2.36. The fraction of sp³-hybridized carbons (Fsp3) is 0.176. The SMILES string of the molecule is COc1cc(C(=O)NCc2nc3ccccc3[nH]2)ccc1OC(F)F. The number of halogens is 2. The quantitative estimate of drug-likeness (QED) is 0.718. The normalized spacial score (nSPS) is 10.9. The third kappa shape index (κ3) is 3.85. The summed E-state index contributed by atoms with van der Waals surface area (Å²) in [4.78, 5) is 19.7. The summed E-state index contributed by atoms with van der Waals surface area (Å²) in [6.45, 7) is -2.77. The van der Waals surface area contributed by atoms with E-state index in [4.69, 9.17) is 4.74 Å². The van der Waals surface area contributed by atoms with Crippen molar-refractivity contribution in [1.82, 2.24) is 15.3 Å². The van der Waals surface area contributed by atoms with Gasteiger partial charge in [0, 0.05) is 5.56 Å². The van der Waals surface area contributed by atoms with E-state index >= 15 is 0 Å². The molecule has 130 valence electrons. The van der Waals surface area contributed by atoms with E-state index < -0.39 is 6.61 Å². The van der Waals surface area contributed by atoms with Gasteiger partial charge in [-0.2, -0.15) is 8.78 Å². The van der Waals surface area contributed by atoms with Gasteiger partial charge in [-0.1, -0.05) is 12.1 Å². The number of hydrogen-bond acceptors (Lipinski definition) is 4. The van der Waals surface area contributed by atoms with Crippen molar-refractivity contribution in [1.29, 1.82) is 0 Å². The van der Waals surface area contributed by atoms with Crippen LogP contribution in [0.5, 0.6) is 11.5 Å². The van der Waals surface area contributed by atoms with E-state index in [0.29, 0.717) is 5.82 Å². The number of carbonyl (C=O) groups is 1. The molecule has 0 aliphatic heterocycles. The number of fused-ring (bicyclic) bond motifs is 1. The van der Waals surface area contributed by atoms with Gasteiger partial charge in [-0.15, -0.1) is 0 Å². The minimum absolute atomic E-state index is 0.0525. The van der Waals surface area contributed by atoms with Gasteiger partial charge in [0.2, 0.25) is 0 Å². The molecule has 0 aliphatic carbocycles. The second-order valence-electron chi connectivity index (χ2n) is 5.13. The maximum atomic E-state index is 12.3. The molecule has 1 aromatic heterocycles. The molecule has 2 N–H and O–H groups in total. The van der Waals surface area contributed by atoms with E-state index in [1.54, 1.807) is 0 Å². The molecule has 8 heteroatoms. The zero-order chi connectivity index (χ0) is 17.8. The first-order chi connectivity index (χ1) is 12.1. The molecule has 1 heterocycles. The highest BCUT2D eigenvalue weighted by Crippen LogP contribution is 2.29. The molecule has 2 aromatic carbocycles. The van der Waals surface area contributed by atoms with Crippen molar-refractivity contribution in [2.75, 3.05) is 7.11 Å². The van der Waals surface area contributed by atoms with E-state index in [2.05, 4.69) is 20.0 Å². The highest BCUT2D eigenvalue weighted by molar-refractivity contribution is 5.94. The summed E-state index contributed by atoms with van der Waals surface area (Å²) in [5.41, 5.74) is 1.94. The van der Waals surface area contributed by atoms with Crippen molar-refractivity contribution in [3.8, 4) is 11.5 Å². The number of rotatable bonds is 6. The third-order valence-electron chi connectivity index (χ3n) is 3.50. The van der Waals surface area contributed by atoms with Crippen LogP contribution < -0.4 is 14.8 Å². The van der Waals surface area contributed by atoms with E-state index in [0.717, 1.165) is 11.0 Å². The van der Waals surface area contributed by atoms with Gasteiger partial charge in [0.1, 0.15) is 5.82 Å². The van der Waals surface area contributed by atoms with Gasteiger partial charge < -0.3 is 19.8 Å². The summed E-state index contributed by atoms with van der Waals surface area (Å²) in [6.07, 6.45) is 0. The van der Waals surface area contributed by atoms with Gasteiger partial charge in [-0.05, 0) is 30.3 Å².